The van der Waals surface area contributed by atoms with E-state index in [0.717, 1.165) is 11.1 Å². The number of aromatic nitrogens is 4. The molecule has 1 unspecified atom stereocenters. The quantitative estimate of drug-likeness (QED) is 0.358. The highest BCUT2D eigenvalue weighted by Gasteiger charge is 2.20. The summed E-state index contributed by atoms with van der Waals surface area (Å²) in [6.45, 7) is 5.89. The van der Waals surface area contributed by atoms with E-state index in [4.69, 9.17) is 10.7 Å². The van der Waals surface area contributed by atoms with Crippen molar-refractivity contribution >= 4 is 38.3 Å². The van der Waals surface area contributed by atoms with Gasteiger partial charge in [-0.05, 0) is 53.3 Å². The van der Waals surface area contributed by atoms with Crippen LogP contribution in [0.15, 0.2) is 53.4 Å². The molecular weight excluding hydrogens is 475 g/mol. The number of rotatable bonds is 6. The molecule has 0 saturated heterocycles. The highest BCUT2D eigenvalue weighted by molar-refractivity contribution is 9.10. The Morgan fingerprint density at radius 1 is 1.31 bits per heavy atom. The topological polar surface area (TPSA) is 101 Å². The molecule has 32 heavy (non-hydrogen) atoms. The number of fused-ring (bicyclic) bond motifs is 2. The summed E-state index contributed by atoms with van der Waals surface area (Å²) in [4.78, 5) is 9.27. The Bertz CT molecular complexity index is 1330. The van der Waals surface area contributed by atoms with Crippen molar-refractivity contribution in [2.75, 3.05) is 12.3 Å². The SMILES string of the molecule is CC(N/C=C/C(C)(C)CO)c1nc2c(-c3cnc4ccc(F)cc4c3)cnn2c(N)c1Br. The van der Waals surface area contributed by atoms with Crippen LogP contribution in [-0.2, 0) is 0 Å². The van der Waals surface area contributed by atoms with Crippen LogP contribution in [0.3, 0.4) is 0 Å². The van der Waals surface area contributed by atoms with E-state index in [2.05, 4.69) is 31.3 Å². The monoisotopic (exact) mass is 498 g/mol. The average molecular weight is 499 g/mol. The van der Waals surface area contributed by atoms with E-state index < -0.39 is 0 Å². The fourth-order valence-corrected chi connectivity index (χ4v) is 3.90. The lowest BCUT2D eigenvalue weighted by molar-refractivity contribution is 0.199. The normalized spacial score (nSPS) is 13.3. The lowest BCUT2D eigenvalue weighted by atomic mass is 9.95. The van der Waals surface area contributed by atoms with Crippen molar-refractivity contribution in [1.29, 1.82) is 0 Å². The molecule has 0 amide bonds. The van der Waals surface area contributed by atoms with Crippen molar-refractivity contribution in [3.05, 3.63) is 64.9 Å². The van der Waals surface area contributed by atoms with Gasteiger partial charge in [-0.1, -0.05) is 19.9 Å². The number of aliphatic hydroxyl groups excluding tert-OH is 1. The van der Waals surface area contributed by atoms with Crippen LogP contribution in [0.4, 0.5) is 10.2 Å². The zero-order valence-electron chi connectivity index (χ0n) is 18.0. The van der Waals surface area contributed by atoms with Crippen molar-refractivity contribution < 1.29 is 9.50 Å². The Kier molecular flexibility index (Phi) is 5.87. The predicted molar refractivity (Wildman–Crippen MR) is 127 cm³/mol. The Labute approximate surface area is 193 Å². The Balaban J connectivity index is 1.76. The van der Waals surface area contributed by atoms with Gasteiger partial charge in [0.25, 0.3) is 0 Å². The standard InChI is InChI=1S/C23H24BrFN6O/c1-13(27-7-6-23(2,3)12-32)20-19(24)21(26)31-22(30-20)17(11-29-31)15-8-14-9-16(25)4-5-18(14)28-10-15/h4-11,13,27,32H,12,26H2,1-3H3/b7-6+. The molecule has 1 atom stereocenters. The van der Waals surface area contributed by atoms with E-state index in [9.17, 15) is 9.50 Å². The van der Waals surface area contributed by atoms with Gasteiger partial charge in [0, 0.05) is 28.1 Å². The summed E-state index contributed by atoms with van der Waals surface area (Å²) in [5.41, 5.74) is 9.52. The first kappa shape index (κ1) is 22.2. The van der Waals surface area contributed by atoms with E-state index >= 15 is 0 Å². The number of hydrogen-bond acceptors (Lipinski definition) is 6. The molecule has 0 saturated carbocycles. The minimum atomic E-state index is -0.332. The lowest BCUT2D eigenvalue weighted by Crippen LogP contribution is -2.19. The first-order valence-corrected chi connectivity index (χ1v) is 10.9. The van der Waals surface area contributed by atoms with Gasteiger partial charge >= 0.3 is 0 Å². The maximum atomic E-state index is 13.7. The van der Waals surface area contributed by atoms with E-state index in [1.807, 2.05) is 39.1 Å². The van der Waals surface area contributed by atoms with Gasteiger partial charge in [-0.25, -0.2) is 9.37 Å². The summed E-state index contributed by atoms with van der Waals surface area (Å²) >= 11 is 3.55. The maximum Gasteiger partial charge on any atom is 0.165 e. The number of nitrogens with zero attached hydrogens (tertiary/aromatic N) is 4. The average Bonchev–Trinajstić information content (AvgIpc) is 3.19. The van der Waals surface area contributed by atoms with Crippen LogP contribution in [0.1, 0.15) is 32.5 Å². The Morgan fingerprint density at radius 2 is 2.09 bits per heavy atom. The smallest absolute Gasteiger partial charge is 0.165 e. The van der Waals surface area contributed by atoms with Crippen molar-refractivity contribution in [2.45, 2.75) is 26.8 Å². The molecule has 0 fully saturated rings. The van der Waals surface area contributed by atoms with Gasteiger partial charge in [-0.3, -0.25) is 4.98 Å². The van der Waals surface area contributed by atoms with Gasteiger partial charge in [-0.2, -0.15) is 9.61 Å². The van der Waals surface area contributed by atoms with Crippen molar-refractivity contribution in [3.8, 4) is 11.1 Å². The predicted octanol–water partition coefficient (Wildman–Crippen LogP) is 4.61. The molecular formula is C23H24BrFN6O. The van der Waals surface area contributed by atoms with Gasteiger partial charge in [0.15, 0.2) is 5.65 Å². The third-order valence-electron chi connectivity index (χ3n) is 5.30. The second-order valence-corrected chi connectivity index (χ2v) is 9.21. The zero-order chi connectivity index (χ0) is 23.0. The van der Waals surface area contributed by atoms with Crippen LogP contribution in [0.5, 0.6) is 0 Å². The van der Waals surface area contributed by atoms with Crippen LogP contribution in [0.25, 0.3) is 27.7 Å². The zero-order valence-corrected chi connectivity index (χ0v) is 19.6. The molecule has 0 radical (unpaired) electrons. The molecule has 3 heterocycles. The molecule has 0 aliphatic rings. The summed E-state index contributed by atoms with van der Waals surface area (Å²) < 4.78 is 15.9. The first-order chi connectivity index (χ1) is 15.2. The molecule has 1 aromatic carbocycles. The lowest BCUT2D eigenvalue weighted by Gasteiger charge is -2.18. The molecule has 7 nitrogen and oxygen atoms in total. The Hall–Kier alpha value is -3.04. The van der Waals surface area contributed by atoms with Gasteiger partial charge < -0.3 is 16.2 Å². The number of nitrogens with two attached hydrogens (primary N) is 1. The van der Waals surface area contributed by atoms with Crippen LogP contribution >= 0.6 is 15.9 Å². The van der Waals surface area contributed by atoms with E-state index in [0.29, 0.717) is 32.5 Å². The van der Waals surface area contributed by atoms with Crippen molar-refractivity contribution in [3.63, 3.8) is 0 Å². The van der Waals surface area contributed by atoms with Gasteiger partial charge in [0.2, 0.25) is 0 Å². The second kappa shape index (κ2) is 8.48. The number of nitrogen functional groups attached to an aromatic ring is 1. The number of halogens is 2. The summed E-state index contributed by atoms with van der Waals surface area (Å²) in [6.07, 6.45) is 7.12. The highest BCUT2D eigenvalue weighted by atomic mass is 79.9. The summed E-state index contributed by atoms with van der Waals surface area (Å²) in [5.74, 6) is 0.103. The summed E-state index contributed by atoms with van der Waals surface area (Å²) in [7, 11) is 0. The number of anilines is 1. The molecule has 4 N–H and O–H groups in total. The number of hydrogen-bond donors (Lipinski definition) is 3. The Morgan fingerprint density at radius 3 is 2.84 bits per heavy atom. The van der Waals surface area contributed by atoms with Crippen molar-refractivity contribution in [2.24, 2.45) is 5.41 Å². The van der Waals surface area contributed by atoms with Crippen LogP contribution in [0.2, 0.25) is 0 Å². The summed E-state index contributed by atoms with van der Waals surface area (Å²) in [6, 6.07) is 6.18. The molecule has 0 aliphatic carbocycles. The molecule has 4 aromatic rings. The third-order valence-corrected chi connectivity index (χ3v) is 6.11. The van der Waals surface area contributed by atoms with Crippen molar-refractivity contribution in [1.82, 2.24) is 24.9 Å². The van der Waals surface area contributed by atoms with Gasteiger partial charge in [0.05, 0.1) is 34.5 Å². The van der Waals surface area contributed by atoms with E-state index in [1.165, 1.54) is 12.1 Å². The summed E-state index contributed by atoms with van der Waals surface area (Å²) in [5, 5.41) is 17.8. The molecule has 0 spiro atoms. The third kappa shape index (κ3) is 4.18. The second-order valence-electron chi connectivity index (χ2n) is 8.42. The maximum absolute atomic E-state index is 13.7. The molecule has 0 bridgehead atoms. The molecule has 3 aromatic heterocycles. The molecule has 9 heteroatoms. The number of nitrogens with one attached hydrogen (secondary N) is 1. The number of benzene rings is 1. The van der Waals surface area contributed by atoms with Crippen LogP contribution in [0, 0.1) is 11.2 Å². The van der Waals surface area contributed by atoms with Crippen LogP contribution < -0.4 is 11.1 Å². The van der Waals surface area contributed by atoms with Gasteiger partial charge in [0.1, 0.15) is 11.6 Å². The molecule has 0 aliphatic heterocycles. The van der Waals surface area contributed by atoms with Gasteiger partial charge in [-0.15, -0.1) is 0 Å². The largest absolute Gasteiger partial charge is 0.395 e. The molecule has 166 valence electrons. The van der Waals surface area contributed by atoms with E-state index in [-0.39, 0.29) is 23.9 Å². The van der Waals surface area contributed by atoms with E-state index in [1.54, 1.807) is 23.0 Å². The number of pyridine rings is 1. The fraction of sp³-hybridized carbons (Fsp3) is 0.261. The molecule has 4 rings (SSSR count). The first-order valence-electron chi connectivity index (χ1n) is 10.1. The fourth-order valence-electron chi connectivity index (χ4n) is 3.30. The van der Waals surface area contributed by atoms with Crippen LogP contribution in [-0.4, -0.2) is 31.3 Å². The highest BCUT2D eigenvalue weighted by Crippen LogP contribution is 2.33. The minimum absolute atomic E-state index is 0.0449. The minimum Gasteiger partial charge on any atom is -0.395 e. The number of aliphatic hydroxyl groups is 1.